The zero-order chi connectivity index (χ0) is 14.6. The summed E-state index contributed by atoms with van der Waals surface area (Å²) in [6.07, 6.45) is 8.19. The highest BCUT2D eigenvalue weighted by Crippen LogP contribution is 2.45. The topological polar surface area (TPSA) is 24.9 Å². The first-order chi connectivity index (χ1) is 9.54. The summed E-state index contributed by atoms with van der Waals surface area (Å²) in [4.78, 5) is 4.72. The van der Waals surface area contributed by atoms with Crippen molar-refractivity contribution < 1.29 is 0 Å². The molecule has 1 N–H and O–H groups in total. The molecule has 0 bridgehead atoms. The molecule has 2 atom stereocenters. The lowest BCUT2D eigenvalue weighted by molar-refractivity contribution is 0.210. The van der Waals surface area contributed by atoms with E-state index in [2.05, 4.69) is 45.1 Å². The van der Waals surface area contributed by atoms with Crippen molar-refractivity contribution in [2.75, 3.05) is 6.54 Å². The lowest BCUT2D eigenvalue weighted by Crippen LogP contribution is -2.36. The molecule has 112 valence electrons. The summed E-state index contributed by atoms with van der Waals surface area (Å²) in [5.41, 5.74) is 3.15. The maximum Gasteiger partial charge on any atom is 0.0471 e. The lowest BCUT2D eigenvalue weighted by Gasteiger charge is -2.39. The second-order valence-corrected chi connectivity index (χ2v) is 7.04. The van der Waals surface area contributed by atoms with Crippen LogP contribution in [0, 0.1) is 5.41 Å². The van der Waals surface area contributed by atoms with E-state index in [1.165, 1.54) is 43.4 Å². The maximum atomic E-state index is 4.72. The number of aromatic nitrogens is 1. The van der Waals surface area contributed by atoms with Crippen LogP contribution in [0.3, 0.4) is 0 Å². The number of pyridine rings is 1. The molecule has 0 saturated carbocycles. The van der Waals surface area contributed by atoms with Crippen molar-refractivity contribution in [3.05, 3.63) is 29.6 Å². The first kappa shape index (κ1) is 15.5. The van der Waals surface area contributed by atoms with Gasteiger partial charge in [-0.05, 0) is 62.6 Å². The largest absolute Gasteiger partial charge is 0.314 e. The highest BCUT2D eigenvalue weighted by atomic mass is 14.9. The Kier molecular flexibility index (Phi) is 5.20. The predicted octanol–water partition coefficient (Wildman–Crippen LogP) is 4.31. The van der Waals surface area contributed by atoms with Crippen LogP contribution in [0.4, 0.5) is 0 Å². The molecule has 2 heteroatoms. The number of fused-ring (bicyclic) bond motifs is 1. The molecule has 1 heterocycles. The molecule has 2 unspecified atom stereocenters. The quantitative estimate of drug-likeness (QED) is 0.836. The Bertz CT molecular complexity index is 425. The smallest absolute Gasteiger partial charge is 0.0471 e. The molecule has 0 fully saturated rings. The molecule has 0 aromatic carbocycles. The van der Waals surface area contributed by atoms with E-state index in [1.807, 2.05) is 6.20 Å². The van der Waals surface area contributed by atoms with Crippen molar-refractivity contribution in [2.24, 2.45) is 5.41 Å². The number of aryl methyl sites for hydroxylation is 1. The fraction of sp³-hybridized carbons (Fsp3) is 0.722. The fourth-order valence-electron chi connectivity index (χ4n) is 3.76. The van der Waals surface area contributed by atoms with Crippen molar-refractivity contribution in [3.63, 3.8) is 0 Å². The zero-order valence-corrected chi connectivity index (χ0v) is 13.6. The van der Waals surface area contributed by atoms with E-state index in [0.29, 0.717) is 17.4 Å². The van der Waals surface area contributed by atoms with Gasteiger partial charge in [-0.3, -0.25) is 4.98 Å². The standard InChI is InChI=1S/C18H30N2/c1-5-11-19-14(2)13-18(3,4)16-10-6-8-15-9-7-12-20-17(15)16/h7,9,12,14,16,19H,5-6,8,10-11,13H2,1-4H3. The van der Waals surface area contributed by atoms with E-state index in [0.717, 1.165) is 6.54 Å². The molecule has 1 aliphatic carbocycles. The van der Waals surface area contributed by atoms with Gasteiger partial charge in [-0.25, -0.2) is 0 Å². The van der Waals surface area contributed by atoms with Gasteiger partial charge in [-0.15, -0.1) is 0 Å². The first-order valence-electron chi connectivity index (χ1n) is 8.21. The number of hydrogen-bond donors (Lipinski definition) is 1. The zero-order valence-electron chi connectivity index (χ0n) is 13.6. The number of rotatable bonds is 6. The maximum absolute atomic E-state index is 4.72. The Labute approximate surface area is 124 Å². The van der Waals surface area contributed by atoms with Gasteiger partial charge in [0.05, 0.1) is 0 Å². The molecule has 0 aliphatic heterocycles. The number of nitrogens with zero attached hydrogens (tertiary/aromatic N) is 1. The van der Waals surface area contributed by atoms with Crippen molar-refractivity contribution in [2.45, 2.75) is 71.8 Å². The molecule has 20 heavy (non-hydrogen) atoms. The van der Waals surface area contributed by atoms with Gasteiger partial charge in [-0.1, -0.05) is 26.8 Å². The summed E-state index contributed by atoms with van der Waals surface area (Å²) in [5, 5.41) is 3.63. The Balaban J connectivity index is 2.10. The van der Waals surface area contributed by atoms with Gasteiger partial charge in [-0.2, -0.15) is 0 Å². The van der Waals surface area contributed by atoms with Gasteiger partial charge in [0.15, 0.2) is 0 Å². The highest BCUT2D eigenvalue weighted by Gasteiger charge is 2.35. The molecule has 2 rings (SSSR count). The summed E-state index contributed by atoms with van der Waals surface area (Å²) in [5.74, 6) is 0.610. The minimum Gasteiger partial charge on any atom is -0.314 e. The van der Waals surface area contributed by atoms with E-state index < -0.39 is 0 Å². The molecule has 1 aliphatic rings. The van der Waals surface area contributed by atoms with Gasteiger partial charge in [0, 0.05) is 23.9 Å². The summed E-state index contributed by atoms with van der Waals surface area (Å²) >= 11 is 0. The Hall–Kier alpha value is -0.890. The number of hydrogen-bond acceptors (Lipinski definition) is 2. The average Bonchev–Trinajstić information content (AvgIpc) is 2.44. The minimum atomic E-state index is 0.309. The van der Waals surface area contributed by atoms with Gasteiger partial charge < -0.3 is 5.32 Å². The highest BCUT2D eigenvalue weighted by molar-refractivity contribution is 5.27. The summed E-state index contributed by atoms with van der Waals surface area (Å²) in [6, 6.07) is 4.93. The van der Waals surface area contributed by atoms with Gasteiger partial charge in [0.1, 0.15) is 0 Å². The third kappa shape index (κ3) is 3.60. The first-order valence-corrected chi connectivity index (χ1v) is 8.21. The van der Waals surface area contributed by atoms with E-state index in [4.69, 9.17) is 4.98 Å². The third-order valence-electron chi connectivity index (χ3n) is 4.71. The van der Waals surface area contributed by atoms with Crippen LogP contribution in [0.2, 0.25) is 0 Å². The van der Waals surface area contributed by atoms with E-state index in [1.54, 1.807) is 0 Å². The molecule has 0 spiro atoms. The Morgan fingerprint density at radius 1 is 1.45 bits per heavy atom. The van der Waals surface area contributed by atoms with Gasteiger partial charge in [0.2, 0.25) is 0 Å². The minimum absolute atomic E-state index is 0.309. The van der Waals surface area contributed by atoms with Gasteiger partial charge in [0.25, 0.3) is 0 Å². The Morgan fingerprint density at radius 3 is 3.00 bits per heavy atom. The van der Waals surface area contributed by atoms with E-state index in [-0.39, 0.29) is 0 Å². The van der Waals surface area contributed by atoms with Crippen LogP contribution < -0.4 is 5.32 Å². The summed E-state index contributed by atoms with van der Waals surface area (Å²) in [6.45, 7) is 10.5. The van der Waals surface area contributed by atoms with Crippen LogP contribution in [-0.4, -0.2) is 17.6 Å². The SMILES string of the molecule is CCCNC(C)CC(C)(C)C1CCCc2cccnc21. The molecule has 1 aromatic heterocycles. The molecule has 2 nitrogen and oxygen atoms in total. The predicted molar refractivity (Wildman–Crippen MR) is 86.1 cm³/mol. The normalized spacial score (nSPS) is 20.5. The summed E-state index contributed by atoms with van der Waals surface area (Å²) in [7, 11) is 0. The fourth-order valence-corrected chi connectivity index (χ4v) is 3.76. The van der Waals surface area contributed by atoms with Gasteiger partial charge >= 0.3 is 0 Å². The molecule has 0 amide bonds. The van der Waals surface area contributed by atoms with Crippen LogP contribution in [-0.2, 0) is 6.42 Å². The van der Waals surface area contributed by atoms with Crippen LogP contribution >= 0.6 is 0 Å². The van der Waals surface area contributed by atoms with E-state index >= 15 is 0 Å². The van der Waals surface area contributed by atoms with Crippen LogP contribution in [0.5, 0.6) is 0 Å². The third-order valence-corrected chi connectivity index (χ3v) is 4.71. The summed E-state index contributed by atoms with van der Waals surface area (Å²) < 4.78 is 0. The molecular weight excluding hydrogens is 244 g/mol. The number of nitrogens with one attached hydrogen (secondary N) is 1. The second kappa shape index (κ2) is 6.71. The monoisotopic (exact) mass is 274 g/mol. The van der Waals surface area contributed by atoms with Crippen molar-refractivity contribution in [1.29, 1.82) is 0 Å². The lowest BCUT2D eigenvalue weighted by atomic mass is 9.67. The van der Waals surface area contributed by atoms with Crippen LogP contribution in [0.1, 0.15) is 70.6 Å². The van der Waals surface area contributed by atoms with Crippen molar-refractivity contribution >= 4 is 0 Å². The molecular formula is C18H30N2. The van der Waals surface area contributed by atoms with Crippen molar-refractivity contribution in [3.8, 4) is 0 Å². The second-order valence-electron chi connectivity index (χ2n) is 7.04. The molecule has 0 saturated heterocycles. The van der Waals surface area contributed by atoms with Crippen LogP contribution in [0.15, 0.2) is 18.3 Å². The van der Waals surface area contributed by atoms with Crippen molar-refractivity contribution in [1.82, 2.24) is 10.3 Å². The molecule has 1 aromatic rings. The average molecular weight is 274 g/mol. The van der Waals surface area contributed by atoms with Crippen LogP contribution in [0.25, 0.3) is 0 Å². The van der Waals surface area contributed by atoms with E-state index in [9.17, 15) is 0 Å². The Morgan fingerprint density at radius 2 is 2.25 bits per heavy atom. The molecule has 0 radical (unpaired) electrons.